The van der Waals surface area contributed by atoms with Crippen molar-refractivity contribution in [1.82, 2.24) is 0 Å². The summed E-state index contributed by atoms with van der Waals surface area (Å²) in [5.74, 6) is -1.79. The second kappa shape index (κ2) is 42.5. The lowest BCUT2D eigenvalue weighted by Gasteiger charge is -2.34. The van der Waals surface area contributed by atoms with Crippen LogP contribution in [0.15, 0.2) is 72.9 Å². The van der Waals surface area contributed by atoms with Gasteiger partial charge in [0.25, 0.3) is 0 Å². The van der Waals surface area contributed by atoms with Crippen LogP contribution in [0.3, 0.4) is 0 Å². The summed E-state index contributed by atoms with van der Waals surface area (Å²) in [5.41, 5.74) is 0. The van der Waals surface area contributed by atoms with Crippen molar-refractivity contribution in [3.63, 3.8) is 0 Å². The SMILES string of the molecule is CC/C=C\C/C=C\C/C=C\C/C=C\C/C=C\CCCCCC(=O)OC(COCCC(C(=O)[O-])[N+](C)(C)C)COC(=O)CCCCCCCCC/C=C\CCCCCCCC. The number of aliphatic carboxylic acids is 1. The lowest BCUT2D eigenvalue weighted by atomic mass is 10.1. The zero-order valence-electron chi connectivity index (χ0n) is 39.1. The van der Waals surface area contributed by atoms with E-state index in [1.165, 1.54) is 77.0 Å². The molecule has 0 aliphatic heterocycles. The third kappa shape index (κ3) is 40.2. The van der Waals surface area contributed by atoms with E-state index in [9.17, 15) is 19.5 Å². The molecule has 0 rings (SSSR count). The van der Waals surface area contributed by atoms with E-state index in [0.717, 1.165) is 70.6 Å². The number of ether oxygens (including phenoxy) is 3. The number of carbonyl (C=O) groups excluding carboxylic acids is 3. The molecule has 60 heavy (non-hydrogen) atoms. The number of carbonyl (C=O) groups is 3. The van der Waals surface area contributed by atoms with Gasteiger partial charge in [0, 0.05) is 19.3 Å². The first kappa shape index (κ1) is 56.8. The maximum absolute atomic E-state index is 12.7. The predicted molar refractivity (Wildman–Crippen MR) is 249 cm³/mol. The van der Waals surface area contributed by atoms with Crippen molar-refractivity contribution < 1.29 is 38.2 Å². The highest BCUT2D eigenvalue weighted by molar-refractivity contribution is 5.70. The second-order valence-electron chi connectivity index (χ2n) is 17.0. The van der Waals surface area contributed by atoms with Gasteiger partial charge in [0.05, 0.1) is 40.3 Å². The Morgan fingerprint density at radius 3 is 1.42 bits per heavy atom. The Bertz CT molecular complexity index is 1210. The van der Waals surface area contributed by atoms with Gasteiger partial charge < -0.3 is 28.6 Å². The maximum Gasteiger partial charge on any atom is 0.306 e. The average Bonchev–Trinajstić information content (AvgIpc) is 3.21. The van der Waals surface area contributed by atoms with E-state index in [4.69, 9.17) is 14.2 Å². The number of quaternary nitrogens is 1. The highest BCUT2D eigenvalue weighted by Crippen LogP contribution is 2.13. The Morgan fingerprint density at radius 2 is 0.933 bits per heavy atom. The molecule has 0 fully saturated rings. The van der Waals surface area contributed by atoms with E-state index in [1.54, 1.807) is 21.1 Å². The molecule has 2 atom stereocenters. The van der Waals surface area contributed by atoms with Crippen molar-refractivity contribution in [2.24, 2.45) is 0 Å². The number of hydrogen-bond donors (Lipinski definition) is 0. The van der Waals surface area contributed by atoms with Gasteiger partial charge in [0.2, 0.25) is 0 Å². The van der Waals surface area contributed by atoms with Crippen LogP contribution in [0.25, 0.3) is 0 Å². The molecule has 0 saturated heterocycles. The molecule has 0 spiro atoms. The molecule has 8 nitrogen and oxygen atoms in total. The van der Waals surface area contributed by atoms with Gasteiger partial charge in [0.1, 0.15) is 12.6 Å². The second-order valence-corrected chi connectivity index (χ2v) is 17.0. The molecule has 0 N–H and O–H groups in total. The van der Waals surface area contributed by atoms with E-state index < -0.39 is 18.1 Å². The van der Waals surface area contributed by atoms with E-state index in [1.807, 2.05) is 0 Å². The molecule has 0 amide bonds. The van der Waals surface area contributed by atoms with Crippen molar-refractivity contribution in [2.75, 3.05) is 41.0 Å². The zero-order chi connectivity index (χ0) is 44.2. The van der Waals surface area contributed by atoms with Gasteiger partial charge in [0.15, 0.2) is 6.10 Å². The van der Waals surface area contributed by atoms with Gasteiger partial charge in [-0.1, -0.05) is 157 Å². The molecule has 0 radical (unpaired) electrons. The van der Waals surface area contributed by atoms with Gasteiger partial charge in [-0.2, -0.15) is 0 Å². The number of allylic oxidation sites excluding steroid dienone is 12. The van der Waals surface area contributed by atoms with E-state index in [2.05, 4.69) is 86.8 Å². The van der Waals surface area contributed by atoms with Crippen molar-refractivity contribution in [2.45, 2.75) is 199 Å². The number of nitrogens with zero attached hydrogens (tertiary/aromatic N) is 1. The molecule has 8 heteroatoms. The molecule has 2 unspecified atom stereocenters. The molecule has 0 aromatic heterocycles. The number of carboxylic acid groups (broad SMARTS) is 1. The summed E-state index contributed by atoms with van der Waals surface area (Å²) in [7, 11) is 5.39. The molecular weight excluding hydrogens is 751 g/mol. The van der Waals surface area contributed by atoms with Crippen LogP contribution in [0, 0.1) is 0 Å². The van der Waals surface area contributed by atoms with E-state index in [-0.39, 0.29) is 49.1 Å². The largest absolute Gasteiger partial charge is 0.544 e. The third-order valence-corrected chi connectivity index (χ3v) is 10.3. The number of carboxylic acids is 1. The summed E-state index contributed by atoms with van der Waals surface area (Å²) >= 11 is 0. The number of esters is 2. The number of likely N-dealkylation sites (N-methyl/N-ethyl adjacent to an activating group) is 1. The standard InChI is InChI=1S/C52H89NO7/c1-6-8-10-12-14-16-18-20-22-24-25-27-29-31-33-35-37-39-41-43-51(55)60-48(46-58-45-44-49(52(56)57)53(3,4)5)47-59-50(54)42-40-38-36-34-32-30-28-26-23-21-19-17-15-13-11-9-7-2/h8,10,14,16,20-23,25,27,31,33,48-49H,6-7,9,11-13,15,17-19,24,26,28-30,32,34-47H2,1-5H3/b10-8-,16-14-,22-20-,23-21-,27-25-,33-31-. The van der Waals surface area contributed by atoms with Crippen molar-refractivity contribution in [3.8, 4) is 0 Å². The van der Waals surface area contributed by atoms with E-state index >= 15 is 0 Å². The summed E-state index contributed by atoms with van der Waals surface area (Å²) in [6, 6.07) is -0.736. The quantitative estimate of drug-likeness (QED) is 0.0261. The van der Waals surface area contributed by atoms with Crippen molar-refractivity contribution in [1.29, 1.82) is 0 Å². The fraction of sp³-hybridized carbons (Fsp3) is 0.712. The summed E-state index contributed by atoms with van der Waals surface area (Å²) in [4.78, 5) is 36.9. The van der Waals surface area contributed by atoms with Gasteiger partial charge in [-0.25, -0.2) is 0 Å². The molecule has 344 valence electrons. The number of rotatable bonds is 42. The Balaban J connectivity index is 4.38. The normalized spacial score (nSPS) is 13.6. The minimum atomic E-state index is -1.13. The van der Waals surface area contributed by atoms with Crippen LogP contribution in [-0.4, -0.2) is 75.5 Å². The van der Waals surface area contributed by atoms with E-state index in [0.29, 0.717) is 12.8 Å². The van der Waals surface area contributed by atoms with Gasteiger partial charge in [-0.15, -0.1) is 0 Å². The molecule has 0 bridgehead atoms. The molecule has 0 aromatic rings. The Morgan fingerprint density at radius 1 is 0.517 bits per heavy atom. The lowest BCUT2D eigenvalue weighted by molar-refractivity contribution is -0.889. The molecule has 0 heterocycles. The molecule has 0 aromatic carbocycles. The summed E-state index contributed by atoms with van der Waals surface area (Å²) < 4.78 is 17.2. The highest BCUT2D eigenvalue weighted by Gasteiger charge is 2.25. The molecular formula is C52H89NO7. The zero-order valence-corrected chi connectivity index (χ0v) is 39.1. The molecule has 0 aliphatic carbocycles. The molecule has 0 aliphatic rings. The predicted octanol–water partition coefficient (Wildman–Crippen LogP) is 12.2. The summed E-state index contributed by atoms with van der Waals surface area (Å²) in [5, 5.41) is 11.6. The van der Waals surface area contributed by atoms with Crippen LogP contribution in [0.1, 0.15) is 187 Å². The number of hydrogen-bond acceptors (Lipinski definition) is 7. The Hall–Kier alpha value is -3.23. The van der Waals surface area contributed by atoms with Crippen molar-refractivity contribution in [3.05, 3.63) is 72.9 Å². The van der Waals surface area contributed by atoms with Crippen LogP contribution in [-0.2, 0) is 28.6 Å². The first-order valence-electron chi connectivity index (χ1n) is 24.0. The van der Waals surface area contributed by atoms with Crippen LogP contribution in [0.5, 0.6) is 0 Å². The fourth-order valence-electron chi connectivity index (χ4n) is 6.62. The van der Waals surface area contributed by atoms with Crippen molar-refractivity contribution >= 4 is 17.9 Å². The summed E-state index contributed by atoms with van der Waals surface area (Å²) in [6.45, 7) is 4.50. The first-order valence-corrected chi connectivity index (χ1v) is 24.0. The van der Waals surface area contributed by atoms with Gasteiger partial charge in [-0.05, 0) is 83.5 Å². The summed E-state index contributed by atoms with van der Waals surface area (Å²) in [6.07, 6.45) is 53.5. The highest BCUT2D eigenvalue weighted by atomic mass is 16.6. The maximum atomic E-state index is 12.7. The van der Waals surface area contributed by atoms with Gasteiger partial charge >= 0.3 is 11.9 Å². The minimum Gasteiger partial charge on any atom is -0.544 e. The average molecular weight is 840 g/mol. The lowest BCUT2D eigenvalue weighted by Crippen LogP contribution is -2.55. The van der Waals surface area contributed by atoms with Crippen LogP contribution in [0.2, 0.25) is 0 Å². The van der Waals surface area contributed by atoms with Gasteiger partial charge in [-0.3, -0.25) is 9.59 Å². The number of unbranched alkanes of at least 4 members (excludes halogenated alkanes) is 16. The first-order chi connectivity index (χ1) is 29.1. The smallest absolute Gasteiger partial charge is 0.306 e. The molecule has 0 saturated carbocycles. The van der Waals surface area contributed by atoms with Crippen LogP contribution in [0.4, 0.5) is 0 Å². The van der Waals surface area contributed by atoms with Crippen LogP contribution >= 0.6 is 0 Å². The third-order valence-electron chi connectivity index (χ3n) is 10.3. The Labute approximate surface area is 368 Å². The monoisotopic (exact) mass is 840 g/mol. The Kier molecular flexibility index (Phi) is 40.2. The fourth-order valence-corrected chi connectivity index (χ4v) is 6.62. The topological polar surface area (TPSA) is 102 Å². The minimum absolute atomic E-state index is 0.0227. The van der Waals surface area contributed by atoms with Crippen LogP contribution < -0.4 is 5.11 Å².